The second-order valence-electron chi connectivity index (χ2n) is 8.65. The molecule has 3 aromatic rings. The molecule has 33 heavy (non-hydrogen) atoms. The smallest absolute Gasteiger partial charge is 0.234 e. The summed E-state index contributed by atoms with van der Waals surface area (Å²) in [7, 11) is 0. The van der Waals surface area contributed by atoms with Gasteiger partial charge >= 0.3 is 0 Å². The van der Waals surface area contributed by atoms with Crippen LogP contribution in [-0.4, -0.2) is 31.5 Å². The maximum absolute atomic E-state index is 12.4. The number of thioether (sulfide) groups is 1. The van der Waals surface area contributed by atoms with Crippen molar-refractivity contribution in [2.45, 2.75) is 58.3 Å². The Labute approximate surface area is 199 Å². The first-order valence-electron chi connectivity index (χ1n) is 11.2. The van der Waals surface area contributed by atoms with Gasteiger partial charge in [0.25, 0.3) is 0 Å². The largest absolute Gasteiger partial charge is 0.506 e. The van der Waals surface area contributed by atoms with Gasteiger partial charge in [-0.15, -0.1) is 10.2 Å². The Balaban J connectivity index is 1.74. The maximum atomic E-state index is 12.4. The van der Waals surface area contributed by atoms with Gasteiger partial charge in [0.2, 0.25) is 5.91 Å². The molecule has 0 saturated heterocycles. The monoisotopic (exact) mass is 468 g/mol. The number of anilines is 1. The summed E-state index contributed by atoms with van der Waals surface area (Å²) >= 11 is 1.31. The highest BCUT2D eigenvalue weighted by Crippen LogP contribution is 2.31. The average molecular weight is 469 g/mol. The number of carbonyl (C=O) groups is 1. The topological polar surface area (TPSA) is 89.3 Å². The van der Waals surface area contributed by atoms with E-state index in [9.17, 15) is 9.90 Å². The number of hydrogen-bond donors (Lipinski definition) is 2. The summed E-state index contributed by atoms with van der Waals surface area (Å²) in [5.74, 6) is 2.24. The predicted octanol–water partition coefficient (Wildman–Crippen LogP) is 5.63. The molecule has 0 saturated carbocycles. The van der Waals surface area contributed by atoms with Crippen molar-refractivity contribution in [3.63, 3.8) is 0 Å². The number of nitrogens with zero attached hydrogens (tertiary/aromatic N) is 3. The molecule has 0 aliphatic heterocycles. The summed E-state index contributed by atoms with van der Waals surface area (Å²) in [6.07, 6.45) is -0.305. The number of ether oxygens (including phenoxy) is 1. The lowest BCUT2D eigenvalue weighted by Crippen LogP contribution is -2.17. The third-order valence-corrected chi connectivity index (χ3v) is 5.98. The van der Waals surface area contributed by atoms with E-state index in [-0.39, 0.29) is 23.5 Å². The quantitative estimate of drug-likeness (QED) is 0.296. The number of amides is 1. The van der Waals surface area contributed by atoms with Gasteiger partial charge in [-0.05, 0) is 42.5 Å². The SMILES string of the molecule is CC(C)Cn1c(SCC(=O)Nc2ccccc2O)nnc1C(C)Oc1ccccc1C(C)C. The van der Waals surface area contributed by atoms with Crippen LogP contribution in [-0.2, 0) is 11.3 Å². The number of rotatable bonds is 10. The van der Waals surface area contributed by atoms with E-state index < -0.39 is 0 Å². The minimum absolute atomic E-state index is 0.0359. The lowest BCUT2D eigenvalue weighted by Gasteiger charge is -2.20. The normalized spacial score (nSPS) is 12.2. The van der Waals surface area contributed by atoms with Crippen LogP contribution in [0.25, 0.3) is 0 Å². The third-order valence-electron chi connectivity index (χ3n) is 5.01. The van der Waals surface area contributed by atoms with Crippen LogP contribution in [0.1, 0.15) is 58.0 Å². The summed E-state index contributed by atoms with van der Waals surface area (Å²) in [5.41, 5.74) is 1.54. The zero-order valence-corrected chi connectivity index (χ0v) is 20.6. The molecule has 0 spiro atoms. The Kier molecular flexibility index (Phi) is 8.38. The van der Waals surface area contributed by atoms with Crippen LogP contribution in [0.3, 0.4) is 0 Å². The van der Waals surface area contributed by atoms with Gasteiger partial charge in [0.15, 0.2) is 17.1 Å². The Morgan fingerprint density at radius 3 is 2.45 bits per heavy atom. The molecule has 0 aliphatic carbocycles. The zero-order valence-electron chi connectivity index (χ0n) is 19.8. The molecule has 1 atom stereocenters. The number of carbonyl (C=O) groups excluding carboxylic acids is 1. The van der Waals surface area contributed by atoms with Gasteiger partial charge in [-0.25, -0.2) is 0 Å². The van der Waals surface area contributed by atoms with Crippen LogP contribution in [0.4, 0.5) is 5.69 Å². The highest BCUT2D eigenvalue weighted by Gasteiger charge is 2.22. The lowest BCUT2D eigenvalue weighted by molar-refractivity contribution is -0.113. The summed E-state index contributed by atoms with van der Waals surface area (Å²) in [6, 6.07) is 14.7. The van der Waals surface area contributed by atoms with Crippen LogP contribution in [0.15, 0.2) is 53.7 Å². The highest BCUT2D eigenvalue weighted by atomic mass is 32.2. The minimum atomic E-state index is -0.305. The molecule has 1 aromatic heterocycles. The van der Waals surface area contributed by atoms with Crippen molar-refractivity contribution >= 4 is 23.4 Å². The molecular formula is C25H32N4O3S. The molecule has 7 nitrogen and oxygen atoms in total. The fourth-order valence-corrected chi connectivity index (χ4v) is 4.20. The number of phenolic OH excluding ortho intramolecular Hbond substituents is 1. The summed E-state index contributed by atoms with van der Waals surface area (Å²) in [6.45, 7) is 11.2. The molecule has 2 N–H and O–H groups in total. The average Bonchev–Trinajstić information content (AvgIpc) is 3.16. The van der Waals surface area contributed by atoms with E-state index in [1.165, 1.54) is 17.8 Å². The molecule has 0 radical (unpaired) electrons. The third kappa shape index (κ3) is 6.51. The van der Waals surface area contributed by atoms with Crippen LogP contribution < -0.4 is 10.1 Å². The Hall–Kier alpha value is -3.00. The number of nitrogens with one attached hydrogen (secondary N) is 1. The van der Waals surface area contributed by atoms with E-state index in [4.69, 9.17) is 4.74 Å². The van der Waals surface area contributed by atoms with Gasteiger partial charge in [0.1, 0.15) is 11.5 Å². The summed E-state index contributed by atoms with van der Waals surface area (Å²) in [4.78, 5) is 12.4. The van der Waals surface area contributed by atoms with Crippen molar-refractivity contribution in [1.29, 1.82) is 0 Å². The number of aromatic hydroxyl groups is 1. The number of para-hydroxylation sites is 3. The Morgan fingerprint density at radius 1 is 1.06 bits per heavy atom. The maximum Gasteiger partial charge on any atom is 0.234 e. The molecule has 2 aromatic carbocycles. The lowest BCUT2D eigenvalue weighted by atomic mass is 10.0. The van der Waals surface area contributed by atoms with Crippen molar-refractivity contribution in [2.24, 2.45) is 5.92 Å². The molecule has 0 fully saturated rings. The summed E-state index contributed by atoms with van der Waals surface area (Å²) < 4.78 is 8.34. The van der Waals surface area contributed by atoms with Crippen molar-refractivity contribution in [3.8, 4) is 11.5 Å². The van der Waals surface area contributed by atoms with E-state index in [0.29, 0.717) is 29.2 Å². The molecule has 3 rings (SSSR count). The van der Waals surface area contributed by atoms with Gasteiger partial charge in [-0.1, -0.05) is 69.8 Å². The van der Waals surface area contributed by atoms with E-state index in [2.05, 4.69) is 49.3 Å². The molecular weight excluding hydrogens is 436 g/mol. The van der Waals surface area contributed by atoms with Gasteiger partial charge in [-0.3, -0.25) is 4.79 Å². The fourth-order valence-electron chi connectivity index (χ4n) is 3.45. The minimum Gasteiger partial charge on any atom is -0.506 e. The van der Waals surface area contributed by atoms with E-state index in [0.717, 1.165) is 17.1 Å². The standard InChI is InChI=1S/C25H32N4O3S/c1-16(2)14-29-24(18(5)32-22-13-9-6-10-19(22)17(3)4)27-28-25(29)33-15-23(31)26-20-11-7-8-12-21(20)30/h6-13,16-18,30H,14-15H2,1-5H3,(H,26,31). The Bertz CT molecular complexity index is 1080. The van der Waals surface area contributed by atoms with E-state index in [1.54, 1.807) is 18.2 Å². The first-order chi connectivity index (χ1) is 15.8. The van der Waals surface area contributed by atoms with Crippen molar-refractivity contribution in [3.05, 3.63) is 59.9 Å². The fraction of sp³-hybridized carbons (Fsp3) is 0.400. The first kappa shape index (κ1) is 24.6. The van der Waals surface area contributed by atoms with Crippen LogP contribution in [0.5, 0.6) is 11.5 Å². The molecule has 8 heteroatoms. The zero-order chi connectivity index (χ0) is 24.0. The van der Waals surface area contributed by atoms with Crippen LogP contribution in [0, 0.1) is 5.92 Å². The predicted molar refractivity (Wildman–Crippen MR) is 132 cm³/mol. The molecule has 176 valence electrons. The molecule has 1 amide bonds. The second kappa shape index (κ2) is 11.2. The summed E-state index contributed by atoms with van der Waals surface area (Å²) in [5, 5.41) is 22.0. The van der Waals surface area contributed by atoms with Crippen molar-refractivity contribution in [2.75, 3.05) is 11.1 Å². The van der Waals surface area contributed by atoms with Gasteiger partial charge in [0.05, 0.1) is 11.4 Å². The van der Waals surface area contributed by atoms with Gasteiger partial charge < -0.3 is 19.7 Å². The number of hydrogen-bond acceptors (Lipinski definition) is 6. The molecule has 1 heterocycles. The second-order valence-corrected chi connectivity index (χ2v) is 9.59. The van der Waals surface area contributed by atoms with Gasteiger partial charge in [0, 0.05) is 6.54 Å². The highest BCUT2D eigenvalue weighted by molar-refractivity contribution is 7.99. The number of phenols is 1. The first-order valence-corrected chi connectivity index (χ1v) is 12.1. The Morgan fingerprint density at radius 2 is 1.76 bits per heavy atom. The molecule has 0 bridgehead atoms. The van der Waals surface area contributed by atoms with Crippen LogP contribution in [0.2, 0.25) is 0 Å². The molecule has 1 unspecified atom stereocenters. The molecule has 0 aliphatic rings. The van der Waals surface area contributed by atoms with E-state index in [1.807, 2.05) is 29.7 Å². The van der Waals surface area contributed by atoms with Crippen molar-refractivity contribution in [1.82, 2.24) is 14.8 Å². The van der Waals surface area contributed by atoms with Gasteiger partial charge in [-0.2, -0.15) is 0 Å². The van der Waals surface area contributed by atoms with Crippen molar-refractivity contribution < 1.29 is 14.6 Å². The number of aromatic nitrogens is 3. The van der Waals surface area contributed by atoms with E-state index >= 15 is 0 Å². The number of benzene rings is 2. The van der Waals surface area contributed by atoms with Crippen LogP contribution >= 0.6 is 11.8 Å².